The molecule has 0 unspecified atom stereocenters. The Labute approximate surface area is 115 Å². The van der Waals surface area contributed by atoms with Gasteiger partial charge in [0.15, 0.2) is 9.84 Å². The molecule has 2 rings (SSSR count). The first-order valence-electron chi connectivity index (χ1n) is 6.90. The van der Waals surface area contributed by atoms with Gasteiger partial charge in [0.2, 0.25) is 0 Å². The van der Waals surface area contributed by atoms with Gasteiger partial charge >= 0.3 is 0 Å². The van der Waals surface area contributed by atoms with Crippen LogP contribution < -0.4 is 0 Å². The molecule has 0 spiro atoms. The van der Waals surface area contributed by atoms with Crippen LogP contribution >= 0.6 is 0 Å². The first-order chi connectivity index (χ1) is 8.94. The van der Waals surface area contributed by atoms with Crippen LogP contribution in [0.25, 0.3) is 0 Å². The van der Waals surface area contributed by atoms with E-state index in [0.717, 1.165) is 25.7 Å². The van der Waals surface area contributed by atoms with E-state index in [4.69, 9.17) is 0 Å². The molecular formula is C15H22O3S. The third-order valence-corrected chi connectivity index (χ3v) is 6.06. The highest BCUT2D eigenvalue weighted by Gasteiger charge is 2.36. The second kappa shape index (κ2) is 5.63. The summed E-state index contributed by atoms with van der Waals surface area (Å²) >= 11 is 0. The summed E-state index contributed by atoms with van der Waals surface area (Å²) in [6.07, 6.45) is 4.00. The van der Waals surface area contributed by atoms with Crippen molar-refractivity contribution in [2.75, 3.05) is 5.75 Å². The van der Waals surface area contributed by atoms with Crippen molar-refractivity contribution in [2.45, 2.75) is 50.0 Å². The van der Waals surface area contributed by atoms with Crippen LogP contribution in [0.2, 0.25) is 0 Å². The largest absolute Gasteiger partial charge is 0.393 e. The predicted octanol–water partition coefficient (Wildman–Crippen LogP) is 2.79. The molecule has 1 aliphatic rings. The van der Waals surface area contributed by atoms with Gasteiger partial charge in [-0.05, 0) is 36.8 Å². The van der Waals surface area contributed by atoms with Crippen LogP contribution in [-0.4, -0.2) is 25.4 Å². The predicted molar refractivity (Wildman–Crippen MR) is 75.7 cm³/mol. The van der Waals surface area contributed by atoms with E-state index >= 15 is 0 Å². The molecule has 0 bridgehead atoms. The number of benzene rings is 1. The van der Waals surface area contributed by atoms with Gasteiger partial charge in [0.25, 0.3) is 0 Å². The number of aliphatic hydroxyl groups excluding tert-OH is 1. The Balaban J connectivity index is 2.06. The lowest BCUT2D eigenvalue weighted by molar-refractivity contribution is -0.00124. The topological polar surface area (TPSA) is 54.4 Å². The Morgan fingerprint density at radius 2 is 1.95 bits per heavy atom. The summed E-state index contributed by atoms with van der Waals surface area (Å²) in [6, 6.07) is 8.56. The van der Waals surface area contributed by atoms with Crippen LogP contribution in [0.15, 0.2) is 35.2 Å². The lowest BCUT2D eigenvalue weighted by Crippen LogP contribution is -2.37. The van der Waals surface area contributed by atoms with Crippen LogP contribution in [0.5, 0.6) is 0 Å². The van der Waals surface area contributed by atoms with E-state index in [1.165, 1.54) is 0 Å². The van der Waals surface area contributed by atoms with E-state index in [2.05, 4.69) is 0 Å². The fourth-order valence-electron chi connectivity index (χ4n) is 2.79. The maximum atomic E-state index is 12.2. The van der Waals surface area contributed by atoms with Crippen molar-refractivity contribution < 1.29 is 13.5 Å². The summed E-state index contributed by atoms with van der Waals surface area (Å²) in [5.74, 6) is 0.116. The second-order valence-corrected chi connectivity index (χ2v) is 7.91. The number of hydrogen-bond donors (Lipinski definition) is 1. The van der Waals surface area contributed by atoms with E-state index < -0.39 is 9.84 Å². The van der Waals surface area contributed by atoms with Crippen LogP contribution in [0.4, 0.5) is 0 Å². The summed E-state index contributed by atoms with van der Waals surface area (Å²) in [7, 11) is -3.23. The molecule has 2 atom stereocenters. The average molecular weight is 282 g/mol. The molecule has 0 amide bonds. The van der Waals surface area contributed by atoms with Crippen molar-refractivity contribution in [3.8, 4) is 0 Å². The van der Waals surface area contributed by atoms with Gasteiger partial charge in [-0.1, -0.05) is 38.0 Å². The maximum absolute atomic E-state index is 12.2. The normalized spacial score (nSPS) is 28.2. The van der Waals surface area contributed by atoms with Crippen molar-refractivity contribution in [1.82, 2.24) is 0 Å². The highest BCUT2D eigenvalue weighted by Crippen LogP contribution is 2.39. The van der Waals surface area contributed by atoms with Crippen LogP contribution in [0, 0.1) is 5.41 Å². The van der Waals surface area contributed by atoms with Crippen LogP contribution in [0.3, 0.4) is 0 Å². The molecule has 0 aliphatic heterocycles. The molecule has 1 fully saturated rings. The Morgan fingerprint density at radius 1 is 1.26 bits per heavy atom. The molecule has 0 saturated heterocycles. The highest BCUT2D eigenvalue weighted by molar-refractivity contribution is 7.91. The molecule has 1 aliphatic carbocycles. The Kier molecular flexibility index (Phi) is 4.31. The van der Waals surface area contributed by atoms with Gasteiger partial charge in [-0.2, -0.15) is 0 Å². The zero-order chi connectivity index (χ0) is 13.9. The van der Waals surface area contributed by atoms with Crippen molar-refractivity contribution in [2.24, 2.45) is 5.41 Å². The minimum atomic E-state index is -3.23. The Hall–Kier alpha value is -0.870. The zero-order valence-corrected chi connectivity index (χ0v) is 12.2. The quantitative estimate of drug-likeness (QED) is 0.924. The smallest absolute Gasteiger partial charge is 0.178 e. The van der Waals surface area contributed by atoms with Gasteiger partial charge in [-0.15, -0.1) is 0 Å². The van der Waals surface area contributed by atoms with Crippen LogP contribution in [0.1, 0.15) is 39.0 Å². The molecule has 1 saturated carbocycles. The van der Waals surface area contributed by atoms with Crippen LogP contribution in [-0.2, 0) is 9.84 Å². The number of aliphatic hydroxyl groups is 1. The van der Waals surface area contributed by atoms with E-state index in [1.54, 1.807) is 24.3 Å². The minimum absolute atomic E-state index is 0.116. The summed E-state index contributed by atoms with van der Waals surface area (Å²) in [5.41, 5.74) is -0.250. The SMILES string of the molecule is C[C@@]1(CCS(=O)(=O)c2ccccc2)CCCC[C@@H]1O. The molecule has 106 valence electrons. The molecule has 4 heteroatoms. The van der Waals surface area contributed by atoms with Gasteiger partial charge in [0.05, 0.1) is 16.8 Å². The molecule has 19 heavy (non-hydrogen) atoms. The Bertz CT molecular complexity index is 509. The van der Waals surface area contributed by atoms with Gasteiger partial charge < -0.3 is 5.11 Å². The lowest BCUT2D eigenvalue weighted by Gasteiger charge is -2.38. The standard InChI is InChI=1S/C15H22O3S/c1-15(10-6-5-9-14(15)16)11-12-19(17,18)13-7-3-2-4-8-13/h2-4,7-8,14,16H,5-6,9-12H2,1H3/t14-,15-/m0/s1. The molecular weight excluding hydrogens is 260 g/mol. The van der Waals surface area contributed by atoms with E-state index in [9.17, 15) is 13.5 Å². The molecule has 1 N–H and O–H groups in total. The molecule has 0 heterocycles. The first-order valence-corrected chi connectivity index (χ1v) is 8.55. The lowest BCUT2D eigenvalue weighted by atomic mass is 9.72. The number of rotatable bonds is 4. The molecule has 0 aromatic heterocycles. The minimum Gasteiger partial charge on any atom is -0.393 e. The maximum Gasteiger partial charge on any atom is 0.178 e. The summed E-state index contributed by atoms with van der Waals surface area (Å²) in [4.78, 5) is 0.379. The van der Waals surface area contributed by atoms with E-state index in [-0.39, 0.29) is 17.3 Å². The van der Waals surface area contributed by atoms with Gasteiger partial charge in [0.1, 0.15) is 0 Å². The van der Waals surface area contributed by atoms with Crippen molar-refractivity contribution in [3.63, 3.8) is 0 Å². The van der Waals surface area contributed by atoms with Crippen molar-refractivity contribution in [1.29, 1.82) is 0 Å². The van der Waals surface area contributed by atoms with Crippen molar-refractivity contribution >= 4 is 9.84 Å². The van der Waals surface area contributed by atoms with Crippen molar-refractivity contribution in [3.05, 3.63) is 30.3 Å². The highest BCUT2D eigenvalue weighted by atomic mass is 32.2. The molecule has 3 nitrogen and oxygen atoms in total. The van der Waals surface area contributed by atoms with Gasteiger partial charge in [-0.3, -0.25) is 0 Å². The summed E-state index contributed by atoms with van der Waals surface area (Å²) < 4.78 is 24.5. The molecule has 1 aromatic carbocycles. The second-order valence-electron chi connectivity index (χ2n) is 5.80. The third kappa shape index (κ3) is 3.37. The zero-order valence-electron chi connectivity index (χ0n) is 11.4. The molecule has 0 radical (unpaired) electrons. The van der Waals surface area contributed by atoms with E-state index in [0.29, 0.717) is 11.3 Å². The monoisotopic (exact) mass is 282 g/mol. The Morgan fingerprint density at radius 3 is 2.58 bits per heavy atom. The third-order valence-electron chi connectivity index (χ3n) is 4.32. The van der Waals surface area contributed by atoms with Gasteiger partial charge in [-0.25, -0.2) is 8.42 Å². The summed E-state index contributed by atoms with van der Waals surface area (Å²) in [5, 5.41) is 10.1. The fourth-order valence-corrected chi connectivity index (χ4v) is 4.33. The first kappa shape index (κ1) is 14.5. The average Bonchev–Trinajstić information content (AvgIpc) is 2.42. The number of sulfone groups is 1. The molecule has 1 aromatic rings. The van der Waals surface area contributed by atoms with E-state index in [1.807, 2.05) is 13.0 Å². The fraction of sp³-hybridized carbons (Fsp3) is 0.600. The van der Waals surface area contributed by atoms with Gasteiger partial charge in [0, 0.05) is 0 Å². The summed E-state index contributed by atoms with van der Waals surface area (Å²) in [6.45, 7) is 2.01. The number of hydrogen-bond acceptors (Lipinski definition) is 3.